The molecule has 3 heterocycles. The third-order valence-corrected chi connectivity index (χ3v) is 9.94. The number of ether oxygens (including phenoxy) is 6. The molecule has 0 bridgehead atoms. The van der Waals surface area contributed by atoms with Gasteiger partial charge in [0.05, 0.1) is 39.6 Å². The Morgan fingerprint density at radius 1 is 0.417 bits per heavy atom. The smallest absolute Gasteiger partial charge is 0.305 e. The molecule has 0 fully saturated rings. The van der Waals surface area contributed by atoms with Gasteiger partial charge in [0.2, 0.25) is 0 Å². The van der Waals surface area contributed by atoms with Gasteiger partial charge >= 0.3 is 17.9 Å². The highest BCUT2D eigenvalue weighted by atomic mass is 16.6. The minimum absolute atomic E-state index is 0.0338. The van der Waals surface area contributed by atoms with Gasteiger partial charge in [-0.2, -0.15) is 0 Å². The molecule has 3 aliphatic rings. The van der Waals surface area contributed by atoms with Crippen LogP contribution < -0.4 is 0 Å². The Morgan fingerprint density at radius 3 is 0.933 bits per heavy atom. The Labute approximate surface area is 350 Å². The van der Waals surface area contributed by atoms with Crippen LogP contribution in [0.3, 0.4) is 0 Å². The lowest BCUT2D eigenvalue weighted by atomic mass is 9.88. The van der Waals surface area contributed by atoms with E-state index in [1.807, 2.05) is 6.92 Å². The predicted molar refractivity (Wildman–Crippen MR) is 211 cm³/mol. The van der Waals surface area contributed by atoms with Crippen LogP contribution in [0.15, 0.2) is 36.5 Å². The maximum absolute atomic E-state index is 12.2. The first-order valence-corrected chi connectivity index (χ1v) is 20.8. The van der Waals surface area contributed by atoms with Crippen molar-refractivity contribution in [1.29, 1.82) is 0 Å². The second-order valence-electron chi connectivity index (χ2n) is 14.6. The van der Waals surface area contributed by atoms with E-state index < -0.39 is 5.41 Å². The number of amides is 6. The molecule has 0 aromatic rings. The molecule has 0 aliphatic carbocycles. The predicted octanol–water partition coefficient (Wildman–Crippen LogP) is 2.52. The number of hydrogen-bond donors (Lipinski definition) is 0. The quantitative estimate of drug-likeness (QED) is 0.0393. The van der Waals surface area contributed by atoms with Crippen molar-refractivity contribution in [1.82, 2.24) is 14.7 Å². The fraction of sp³-hybridized carbons (Fsp3) is 0.643. The molecular weight excluding hydrogens is 786 g/mol. The molecule has 0 N–H and O–H groups in total. The molecule has 18 nitrogen and oxygen atoms in total. The van der Waals surface area contributed by atoms with E-state index in [1.54, 1.807) is 0 Å². The zero-order valence-electron chi connectivity index (χ0n) is 34.6. The number of esters is 3. The molecule has 6 amide bonds. The van der Waals surface area contributed by atoms with Gasteiger partial charge in [0.1, 0.15) is 19.8 Å². The lowest BCUT2D eigenvalue weighted by Crippen LogP contribution is -2.38. The van der Waals surface area contributed by atoms with Gasteiger partial charge in [0.25, 0.3) is 35.4 Å². The standard InChI is InChI=1S/C42H59N3O15/c1-2-42(30-55-24-27-58-39(52)12-6-3-9-21-43-33(46)15-16-34(43)47,31-56-25-28-59-40(53)13-7-4-10-22-44-35(48)17-18-36(44)49)32-57-26-29-60-41(54)14-8-5-11-23-45-37(50)19-20-38(45)51/h15-20H,2-14,21-32H2,1H3. The third-order valence-electron chi connectivity index (χ3n) is 9.94. The van der Waals surface area contributed by atoms with Gasteiger partial charge in [0.15, 0.2) is 0 Å². The van der Waals surface area contributed by atoms with Crippen molar-refractivity contribution in [2.75, 3.05) is 79.1 Å². The van der Waals surface area contributed by atoms with Gasteiger partial charge < -0.3 is 28.4 Å². The number of carbonyl (C=O) groups excluding carboxylic acids is 9. The summed E-state index contributed by atoms with van der Waals surface area (Å²) in [7, 11) is 0. The molecule has 0 atom stereocenters. The van der Waals surface area contributed by atoms with Crippen LogP contribution in [0, 0.1) is 5.41 Å². The Bertz CT molecular complexity index is 1360. The number of rotatable bonds is 34. The van der Waals surface area contributed by atoms with Crippen molar-refractivity contribution in [2.24, 2.45) is 5.41 Å². The highest BCUT2D eigenvalue weighted by Crippen LogP contribution is 2.24. The van der Waals surface area contributed by atoms with Crippen LogP contribution >= 0.6 is 0 Å². The molecule has 0 aromatic heterocycles. The molecule has 3 aliphatic heterocycles. The zero-order valence-corrected chi connectivity index (χ0v) is 34.6. The maximum Gasteiger partial charge on any atom is 0.305 e. The number of carbonyl (C=O) groups is 9. The second kappa shape index (κ2) is 27.6. The zero-order chi connectivity index (χ0) is 43.6. The monoisotopic (exact) mass is 845 g/mol. The summed E-state index contributed by atoms with van der Waals surface area (Å²) in [5.41, 5.74) is -0.632. The summed E-state index contributed by atoms with van der Waals surface area (Å²) in [5.74, 6) is -3.11. The van der Waals surface area contributed by atoms with Crippen LogP contribution in [0.5, 0.6) is 0 Å². The van der Waals surface area contributed by atoms with E-state index in [1.165, 1.54) is 51.2 Å². The van der Waals surface area contributed by atoms with Crippen molar-refractivity contribution in [3.05, 3.63) is 36.5 Å². The van der Waals surface area contributed by atoms with E-state index in [4.69, 9.17) is 28.4 Å². The molecule has 60 heavy (non-hydrogen) atoms. The van der Waals surface area contributed by atoms with Crippen molar-refractivity contribution in [3.63, 3.8) is 0 Å². The minimum Gasteiger partial charge on any atom is -0.463 e. The first-order valence-electron chi connectivity index (χ1n) is 20.8. The highest BCUT2D eigenvalue weighted by molar-refractivity contribution is 6.14. The van der Waals surface area contributed by atoms with Crippen molar-refractivity contribution in [3.8, 4) is 0 Å². The largest absolute Gasteiger partial charge is 0.463 e. The number of imide groups is 3. The fourth-order valence-electron chi connectivity index (χ4n) is 6.26. The average Bonchev–Trinajstić information content (AvgIpc) is 3.85. The summed E-state index contributed by atoms with van der Waals surface area (Å²) in [6, 6.07) is 0. The van der Waals surface area contributed by atoms with Crippen molar-refractivity contribution in [2.45, 2.75) is 90.4 Å². The lowest BCUT2D eigenvalue weighted by Gasteiger charge is -2.32. The highest BCUT2D eigenvalue weighted by Gasteiger charge is 2.30. The van der Waals surface area contributed by atoms with Gasteiger partial charge in [-0.3, -0.25) is 57.9 Å². The Morgan fingerprint density at radius 2 is 0.683 bits per heavy atom. The fourth-order valence-corrected chi connectivity index (χ4v) is 6.26. The van der Waals surface area contributed by atoms with Gasteiger partial charge in [-0.15, -0.1) is 0 Å². The Hall–Kier alpha value is -5.07. The van der Waals surface area contributed by atoms with Crippen LogP contribution in [0.2, 0.25) is 0 Å². The van der Waals surface area contributed by atoms with Crippen LogP contribution in [-0.2, 0) is 71.6 Å². The molecule has 18 heteroatoms. The van der Waals surface area contributed by atoms with E-state index in [0.29, 0.717) is 83.8 Å². The van der Waals surface area contributed by atoms with E-state index in [0.717, 1.165) is 0 Å². The van der Waals surface area contributed by atoms with Gasteiger partial charge in [-0.05, 0) is 44.9 Å². The molecule has 0 saturated carbocycles. The van der Waals surface area contributed by atoms with Gasteiger partial charge in [-0.1, -0.05) is 26.2 Å². The molecule has 0 spiro atoms. The van der Waals surface area contributed by atoms with E-state index in [-0.39, 0.29) is 132 Å². The summed E-state index contributed by atoms with van der Waals surface area (Å²) in [4.78, 5) is 110. The third kappa shape index (κ3) is 18.5. The summed E-state index contributed by atoms with van der Waals surface area (Å²) >= 11 is 0. The SMILES string of the molecule is CCC(COCCOC(=O)CCCCCN1C(=O)C=CC1=O)(COCCOC(=O)CCCCCN1C(=O)C=CC1=O)COCCOC(=O)CCCCCN1C(=O)C=CC1=O. The summed E-state index contributed by atoms with van der Waals surface area (Å²) in [6.07, 6.45) is 14.0. The number of nitrogens with zero attached hydrogens (tertiary/aromatic N) is 3. The molecule has 0 radical (unpaired) electrons. The molecule has 0 saturated heterocycles. The maximum atomic E-state index is 12.2. The molecule has 0 unspecified atom stereocenters. The number of unbranched alkanes of at least 4 members (excludes halogenated alkanes) is 6. The first-order chi connectivity index (χ1) is 28.9. The first kappa shape index (κ1) is 49.3. The Kier molecular flexibility index (Phi) is 22.7. The summed E-state index contributed by atoms with van der Waals surface area (Å²) < 4.78 is 33.6. The number of hydrogen-bond acceptors (Lipinski definition) is 15. The summed E-state index contributed by atoms with van der Waals surface area (Å²) in [6.45, 7) is 3.91. The molecule has 332 valence electrons. The minimum atomic E-state index is -0.632. The summed E-state index contributed by atoms with van der Waals surface area (Å²) in [5, 5.41) is 0. The van der Waals surface area contributed by atoms with Crippen LogP contribution in [0.1, 0.15) is 90.4 Å². The molecule has 3 rings (SSSR count). The van der Waals surface area contributed by atoms with Gasteiger partial charge in [0, 0.05) is 80.8 Å². The Balaban J connectivity index is 1.31. The van der Waals surface area contributed by atoms with E-state index in [9.17, 15) is 43.2 Å². The topological polar surface area (TPSA) is 219 Å². The van der Waals surface area contributed by atoms with Gasteiger partial charge in [-0.25, -0.2) is 0 Å². The van der Waals surface area contributed by atoms with Crippen molar-refractivity contribution < 1.29 is 71.6 Å². The molecule has 0 aromatic carbocycles. The molecular formula is C42H59N3O15. The van der Waals surface area contributed by atoms with E-state index >= 15 is 0 Å². The van der Waals surface area contributed by atoms with Crippen LogP contribution in [0.4, 0.5) is 0 Å². The van der Waals surface area contributed by atoms with E-state index in [2.05, 4.69) is 0 Å². The second-order valence-corrected chi connectivity index (χ2v) is 14.6. The van der Waals surface area contributed by atoms with Crippen molar-refractivity contribution >= 4 is 53.4 Å². The normalized spacial score (nSPS) is 15.1. The van der Waals surface area contributed by atoms with Crippen LogP contribution in [-0.4, -0.2) is 147 Å². The average molecular weight is 846 g/mol. The lowest BCUT2D eigenvalue weighted by molar-refractivity contribution is -0.148. The van der Waals surface area contributed by atoms with Crippen LogP contribution in [0.25, 0.3) is 0 Å².